The highest BCUT2D eigenvalue weighted by atomic mass is 79.9. The summed E-state index contributed by atoms with van der Waals surface area (Å²) in [5.41, 5.74) is 0.478. The van der Waals surface area contributed by atoms with Crippen LogP contribution < -0.4 is 0 Å². The molecule has 1 N–H and O–H groups in total. The third-order valence-electron chi connectivity index (χ3n) is 2.68. The lowest BCUT2D eigenvalue weighted by Gasteiger charge is -2.10. The van der Waals surface area contributed by atoms with Crippen molar-refractivity contribution in [2.45, 2.75) is 19.8 Å². The van der Waals surface area contributed by atoms with E-state index in [2.05, 4.69) is 15.9 Å². The molecule has 0 saturated heterocycles. The van der Waals surface area contributed by atoms with E-state index in [0.717, 1.165) is 16.2 Å². The summed E-state index contributed by atoms with van der Waals surface area (Å²) in [6.45, 7) is 1.72. The standard InChI is InChI=1S/C14H15BrO4S/c1-2-13(17)20-8-10(14(18)19)7-12(16)9-3-5-11(15)6-4-9/h3-6,10H,2,7-8H2,1H3,(H,18,19). The number of benzene rings is 1. The second kappa shape index (κ2) is 8.21. The van der Waals surface area contributed by atoms with Gasteiger partial charge in [0.2, 0.25) is 0 Å². The molecule has 0 amide bonds. The molecule has 0 aliphatic heterocycles. The molecule has 1 aromatic rings. The number of carboxylic acid groups (broad SMARTS) is 1. The molecule has 0 radical (unpaired) electrons. The Morgan fingerprint density at radius 2 is 1.85 bits per heavy atom. The minimum absolute atomic E-state index is 0.0626. The van der Waals surface area contributed by atoms with Crippen molar-refractivity contribution in [3.8, 4) is 0 Å². The predicted octanol–water partition coefficient (Wildman–Crippen LogP) is 3.39. The van der Waals surface area contributed by atoms with Gasteiger partial charge in [-0.25, -0.2) is 0 Å². The molecule has 0 aliphatic rings. The van der Waals surface area contributed by atoms with Crippen LogP contribution in [-0.2, 0) is 9.59 Å². The number of rotatable bonds is 7. The van der Waals surface area contributed by atoms with Gasteiger partial charge in [-0.2, -0.15) is 0 Å². The molecule has 1 unspecified atom stereocenters. The maximum absolute atomic E-state index is 12.0. The molecule has 108 valence electrons. The van der Waals surface area contributed by atoms with Gasteiger partial charge in [0.15, 0.2) is 10.9 Å². The van der Waals surface area contributed by atoms with Crippen molar-refractivity contribution in [1.82, 2.24) is 0 Å². The molecule has 0 aliphatic carbocycles. The van der Waals surface area contributed by atoms with E-state index < -0.39 is 11.9 Å². The zero-order valence-electron chi connectivity index (χ0n) is 11.0. The average molecular weight is 359 g/mol. The number of carboxylic acids is 1. The van der Waals surface area contributed by atoms with Gasteiger partial charge in [-0.15, -0.1) is 0 Å². The molecule has 0 saturated carbocycles. The van der Waals surface area contributed by atoms with Gasteiger partial charge in [-0.05, 0) is 12.1 Å². The van der Waals surface area contributed by atoms with Gasteiger partial charge in [0.05, 0.1) is 5.92 Å². The fraction of sp³-hybridized carbons (Fsp3) is 0.357. The number of aliphatic carboxylic acids is 1. The smallest absolute Gasteiger partial charge is 0.307 e. The number of hydrogen-bond acceptors (Lipinski definition) is 4. The van der Waals surface area contributed by atoms with E-state index in [1.807, 2.05) is 0 Å². The van der Waals surface area contributed by atoms with Gasteiger partial charge >= 0.3 is 5.97 Å². The van der Waals surface area contributed by atoms with Crippen molar-refractivity contribution < 1.29 is 19.5 Å². The van der Waals surface area contributed by atoms with E-state index in [4.69, 9.17) is 5.11 Å². The van der Waals surface area contributed by atoms with E-state index in [-0.39, 0.29) is 23.1 Å². The summed E-state index contributed by atoms with van der Waals surface area (Å²) >= 11 is 4.24. The Labute approximate surface area is 130 Å². The molecular formula is C14H15BrO4S. The monoisotopic (exact) mass is 358 g/mol. The number of halogens is 1. The van der Waals surface area contributed by atoms with Crippen LogP contribution >= 0.6 is 27.7 Å². The number of hydrogen-bond donors (Lipinski definition) is 1. The summed E-state index contributed by atoms with van der Waals surface area (Å²) in [6, 6.07) is 6.77. The highest BCUT2D eigenvalue weighted by Crippen LogP contribution is 2.19. The minimum Gasteiger partial charge on any atom is -0.481 e. The normalized spacial score (nSPS) is 11.9. The third kappa shape index (κ3) is 5.46. The summed E-state index contributed by atoms with van der Waals surface area (Å²) < 4.78 is 0.855. The Morgan fingerprint density at radius 3 is 2.35 bits per heavy atom. The van der Waals surface area contributed by atoms with E-state index >= 15 is 0 Å². The van der Waals surface area contributed by atoms with E-state index in [0.29, 0.717) is 12.0 Å². The number of carbonyl (C=O) groups excluding carboxylic acids is 2. The fourth-order valence-electron chi connectivity index (χ4n) is 1.49. The Balaban J connectivity index is 2.65. The Kier molecular flexibility index (Phi) is 6.95. The Bertz CT molecular complexity index is 498. The molecule has 1 aromatic carbocycles. The first-order chi connectivity index (χ1) is 9.43. The largest absolute Gasteiger partial charge is 0.481 e. The SMILES string of the molecule is CCC(=O)SCC(CC(=O)c1ccc(Br)cc1)C(=O)O. The fourth-order valence-corrected chi connectivity index (χ4v) is 2.61. The van der Waals surface area contributed by atoms with Crippen LogP contribution in [0.15, 0.2) is 28.7 Å². The zero-order chi connectivity index (χ0) is 15.1. The molecule has 0 fully saturated rings. The van der Waals surface area contributed by atoms with Crippen molar-refractivity contribution in [2.24, 2.45) is 5.92 Å². The molecule has 0 aromatic heterocycles. The summed E-state index contributed by atoms with van der Waals surface area (Å²) in [7, 11) is 0. The highest BCUT2D eigenvalue weighted by Gasteiger charge is 2.23. The van der Waals surface area contributed by atoms with E-state index in [1.54, 1.807) is 31.2 Å². The minimum atomic E-state index is -1.05. The molecule has 4 nitrogen and oxygen atoms in total. The van der Waals surface area contributed by atoms with Gasteiger partial charge < -0.3 is 5.11 Å². The lowest BCUT2D eigenvalue weighted by Crippen LogP contribution is -2.21. The molecule has 0 spiro atoms. The summed E-state index contributed by atoms with van der Waals surface area (Å²) in [5.74, 6) is -1.99. The highest BCUT2D eigenvalue weighted by molar-refractivity contribution is 9.10. The molecule has 1 rings (SSSR count). The second-order valence-electron chi connectivity index (χ2n) is 4.21. The Morgan fingerprint density at radius 1 is 1.25 bits per heavy atom. The number of thioether (sulfide) groups is 1. The number of carbonyl (C=O) groups is 3. The third-order valence-corrected chi connectivity index (χ3v) is 4.39. The van der Waals surface area contributed by atoms with Crippen LogP contribution in [0, 0.1) is 5.92 Å². The first kappa shape index (κ1) is 16.9. The summed E-state index contributed by atoms with van der Waals surface area (Å²) in [4.78, 5) is 34.4. The predicted molar refractivity (Wildman–Crippen MR) is 82.0 cm³/mol. The van der Waals surface area contributed by atoms with Crippen LogP contribution in [0.2, 0.25) is 0 Å². The average Bonchev–Trinajstić information content (AvgIpc) is 2.43. The lowest BCUT2D eigenvalue weighted by atomic mass is 10.00. The van der Waals surface area contributed by atoms with Crippen molar-refractivity contribution in [3.05, 3.63) is 34.3 Å². The van der Waals surface area contributed by atoms with Crippen LogP contribution in [0.3, 0.4) is 0 Å². The van der Waals surface area contributed by atoms with Gasteiger partial charge in [0.1, 0.15) is 0 Å². The van der Waals surface area contributed by atoms with Gasteiger partial charge in [-0.3, -0.25) is 14.4 Å². The number of Topliss-reactive ketones (excluding diaryl/α,β-unsaturated/α-hetero) is 1. The van der Waals surface area contributed by atoms with Crippen molar-refractivity contribution >= 4 is 44.6 Å². The molecule has 6 heteroatoms. The zero-order valence-corrected chi connectivity index (χ0v) is 13.4. The van der Waals surface area contributed by atoms with Gasteiger partial charge in [0, 0.05) is 28.6 Å². The van der Waals surface area contributed by atoms with Gasteiger partial charge in [-0.1, -0.05) is 46.7 Å². The maximum atomic E-state index is 12.0. The van der Waals surface area contributed by atoms with Crippen LogP contribution in [0.4, 0.5) is 0 Å². The van der Waals surface area contributed by atoms with Crippen molar-refractivity contribution in [2.75, 3.05) is 5.75 Å². The van der Waals surface area contributed by atoms with Crippen LogP contribution in [0.5, 0.6) is 0 Å². The van der Waals surface area contributed by atoms with Crippen molar-refractivity contribution in [3.63, 3.8) is 0 Å². The quantitative estimate of drug-likeness (QED) is 0.756. The number of ketones is 1. The van der Waals surface area contributed by atoms with Crippen molar-refractivity contribution in [1.29, 1.82) is 0 Å². The molecule has 1 atom stereocenters. The first-order valence-electron chi connectivity index (χ1n) is 6.11. The lowest BCUT2D eigenvalue weighted by molar-refractivity contribution is -0.140. The van der Waals surface area contributed by atoms with Crippen LogP contribution in [-0.4, -0.2) is 27.7 Å². The summed E-state index contributed by atoms with van der Waals surface area (Å²) in [5, 5.41) is 9.05. The summed E-state index contributed by atoms with van der Waals surface area (Å²) in [6.07, 6.45) is 0.263. The molecule has 0 bridgehead atoms. The van der Waals surface area contributed by atoms with Gasteiger partial charge in [0.25, 0.3) is 0 Å². The maximum Gasteiger partial charge on any atom is 0.307 e. The molecule has 20 heavy (non-hydrogen) atoms. The van der Waals surface area contributed by atoms with E-state index in [9.17, 15) is 14.4 Å². The first-order valence-corrected chi connectivity index (χ1v) is 7.89. The van der Waals surface area contributed by atoms with Crippen LogP contribution in [0.1, 0.15) is 30.1 Å². The second-order valence-corrected chi connectivity index (χ2v) is 6.20. The van der Waals surface area contributed by atoms with E-state index in [1.165, 1.54) is 0 Å². The molecule has 0 heterocycles. The van der Waals surface area contributed by atoms with Crippen LogP contribution in [0.25, 0.3) is 0 Å². The molecular weight excluding hydrogens is 344 g/mol. The topological polar surface area (TPSA) is 71.4 Å². The Hall–Kier alpha value is -1.14.